The Morgan fingerprint density at radius 2 is 1.94 bits per heavy atom. The van der Waals surface area contributed by atoms with Crippen LogP contribution in [-0.4, -0.2) is 9.78 Å². The maximum atomic E-state index is 4.40. The Morgan fingerprint density at radius 3 is 2.50 bits per heavy atom. The molecular weight excluding hydrogens is 216 g/mol. The number of hydrogen-bond donors (Lipinski definition) is 1. The lowest BCUT2D eigenvalue weighted by Gasteiger charge is -2.07. The fourth-order valence-electron chi connectivity index (χ4n) is 1.72. The van der Waals surface area contributed by atoms with E-state index in [4.69, 9.17) is 0 Å². The summed E-state index contributed by atoms with van der Waals surface area (Å²) in [5, 5.41) is 4.40. The molecule has 2 nitrogen and oxygen atoms in total. The predicted molar refractivity (Wildman–Crippen MR) is 70.5 cm³/mol. The van der Waals surface area contributed by atoms with E-state index in [0.717, 1.165) is 11.4 Å². The van der Waals surface area contributed by atoms with Crippen molar-refractivity contribution in [3.8, 4) is 5.69 Å². The van der Waals surface area contributed by atoms with Crippen LogP contribution < -0.4 is 0 Å². The maximum absolute atomic E-state index is 4.40. The standard InChI is InChI=1S/C13H16N2S/c1-9-4-5-13(6-10(9)2)15-11(3)12(8-16)7-14-15/h4-7,16H,8H2,1-3H3. The molecule has 2 rings (SSSR count). The summed E-state index contributed by atoms with van der Waals surface area (Å²) in [6.07, 6.45) is 1.89. The minimum atomic E-state index is 0.733. The molecule has 0 aliphatic rings. The largest absolute Gasteiger partial charge is 0.238 e. The van der Waals surface area contributed by atoms with E-state index < -0.39 is 0 Å². The summed E-state index contributed by atoms with van der Waals surface area (Å²) in [5.41, 5.74) is 6.07. The highest BCUT2D eigenvalue weighted by Gasteiger charge is 2.07. The summed E-state index contributed by atoms with van der Waals surface area (Å²) in [6.45, 7) is 6.32. The predicted octanol–water partition coefficient (Wildman–Crippen LogP) is 3.23. The fraction of sp³-hybridized carbons (Fsp3) is 0.308. The summed E-state index contributed by atoms with van der Waals surface area (Å²) >= 11 is 4.29. The smallest absolute Gasteiger partial charge is 0.0651 e. The van der Waals surface area contributed by atoms with Gasteiger partial charge in [-0.1, -0.05) is 6.07 Å². The minimum absolute atomic E-state index is 0.733. The quantitative estimate of drug-likeness (QED) is 0.787. The van der Waals surface area contributed by atoms with Crippen LogP contribution in [0.25, 0.3) is 5.69 Å². The number of rotatable bonds is 2. The number of benzene rings is 1. The Hall–Kier alpha value is -1.22. The van der Waals surface area contributed by atoms with Crippen LogP contribution in [0, 0.1) is 20.8 Å². The average Bonchev–Trinajstić information content (AvgIpc) is 2.64. The third-order valence-corrected chi connectivity index (χ3v) is 3.36. The molecule has 0 N–H and O–H groups in total. The molecule has 16 heavy (non-hydrogen) atoms. The van der Waals surface area contributed by atoms with Gasteiger partial charge in [0.25, 0.3) is 0 Å². The van der Waals surface area contributed by atoms with Crippen LogP contribution in [0.3, 0.4) is 0 Å². The summed E-state index contributed by atoms with van der Waals surface area (Å²) in [5.74, 6) is 0.733. The highest BCUT2D eigenvalue weighted by Crippen LogP contribution is 2.18. The second kappa shape index (κ2) is 4.34. The van der Waals surface area contributed by atoms with Gasteiger partial charge in [-0.2, -0.15) is 17.7 Å². The molecule has 0 radical (unpaired) electrons. The SMILES string of the molecule is Cc1ccc(-n2ncc(CS)c2C)cc1C. The second-order valence-electron chi connectivity index (χ2n) is 4.09. The fourth-order valence-corrected chi connectivity index (χ4v) is 2.03. The lowest BCUT2D eigenvalue weighted by atomic mass is 10.1. The molecule has 0 atom stereocenters. The molecule has 0 aliphatic carbocycles. The molecule has 1 heterocycles. The van der Waals surface area contributed by atoms with Crippen molar-refractivity contribution < 1.29 is 0 Å². The summed E-state index contributed by atoms with van der Waals surface area (Å²) in [4.78, 5) is 0. The molecule has 0 spiro atoms. The second-order valence-corrected chi connectivity index (χ2v) is 4.41. The summed E-state index contributed by atoms with van der Waals surface area (Å²) in [6, 6.07) is 6.40. The molecule has 0 unspecified atom stereocenters. The van der Waals surface area contributed by atoms with Crippen LogP contribution in [0.4, 0.5) is 0 Å². The number of aryl methyl sites for hydroxylation is 2. The van der Waals surface area contributed by atoms with Crippen LogP contribution >= 0.6 is 12.6 Å². The minimum Gasteiger partial charge on any atom is -0.238 e. The number of nitrogens with zero attached hydrogens (tertiary/aromatic N) is 2. The van der Waals surface area contributed by atoms with Gasteiger partial charge in [-0.25, -0.2) is 4.68 Å². The molecule has 1 aromatic heterocycles. The van der Waals surface area contributed by atoms with Crippen molar-refractivity contribution in [2.45, 2.75) is 26.5 Å². The number of aromatic nitrogens is 2. The van der Waals surface area contributed by atoms with Crippen molar-refractivity contribution in [1.82, 2.24) is 9.78 Å². The molecule has 0 aliphatic heterocycles. The van der Waals surface area contributed by atoms with Crippen molar-refractivity contribution >= 4 is 12.6 Å². The molecule has 0 amide bonds. The number of thiol groups is 1. The van der Waals surface area contributed by atoms with E-state index in [2.05, 4.69) is 56.7 Å². The zero-order chi connectivity index (χ0) is 11.7. The first-order valence-electron chi connectivity index (χ1n) is 5.35. The van der Waals surface area contributed by atoms with Gasteiger partial charge >= 0.3 is 0 Å². The number of hydrogen-bond acceptors (Lipinski definition) is 2. The van der Waals surface area contributed by atoms with Gasteiger partial charge in [0.1, 0.15) is 0 Å². The Bertz CT molecular complexity index is 515. The van der Waals surface area contributed by atoms with Crippen molar-refractivity contribution in [3.05, 3.63) is 46.8 Å². The molecule has 0 fully saturated rings. The molecule has 84 valence electrons. The summed E-state index contributed by atoms with van der Waals surface area (Å²) in [7, 11) is 0. The Morgan fingerprint density at radius 1 is 1.19 bits per heavy atom. The molecular formula is C13H16N2S. The van der Waals surface area contributed by atoms with E-state index in [1.54, 1.807) is 0 Å². The van der Waals surface area contributed by atoms with E-state index in [9.17, 15) is 0 Å². The molecule has 0 saturated carbocycles. The molecule has 3 heteroatoms. The summed E-state index contributed by atoms with van der Waals surface area (Å²) < 4.78 is 1.97. The Balaban J connectivity index is 2.50. The van der Waals surface area contributed by atoms with Gasteiger partial charge in [-0.05, 0) is 44.0 Å². The maximum Gasteiger partial charge on any atom is 0.0651 e. The molecule has 1 aromatic carbocycles. The zero-order valence-corrected chi connectivity index (χ0v) is 10.8. The van der Waals surface area contributed by atoms with Crippen molar-refractivity contribution in [3.63, 3.8) is 0 Å². The van der Waals surface area contributed by atoms with E-state index in [-0.39, 0.29) is 0 Å². The highest BCUT2D eigenvalue weighted by molar-refractivity contribution is 7.79. The third kappa shape index (κ3) is 1.87. The van der Waals surface area contributed by atoms with Gasteiger partial charge in [0.15, 0.2) is 0 Å². The topological polar surface area (TPSA) is 17.8 Å². The van der Waals surface area contributed by atoms with E-state index >= 15 is 0 Å². The van der Waals surface area contributed by atoms with Gasteiger partial charge in [0, 0.05) is 17.0 Å². The highest BCUT2D eigenvalue weighted by atomic mass is 32.1. The van der Waals surface area contributed by atoms with E-state index in [1.807, 2.05) is 10.9 Å². The van der Waals surface area contributed by atoms with E-state index in [1.165, 1.54) is 22.4 Å². The lowest BCUT2D eigenvalue weighted by molar-refractivity contribution is 0.844. The Kier molecular flexibility index (Phi) is 3.06. The van der Waals surface area contributed by atoms with Crippen molar-refractivity contribution in [2.75, 3.05) is 0 Å². The van der Waals surface area contributed by atoms with E-state index in [0.29, 0.717) is 0 Å². The monoisotopic (exact) mass is 232 g/mol. The molecule has 2 aromatic rings. The molecule has 0 bridgehead atoms. The first-order chi connectivity index (χ1) is 7.63. The van der Waals surface area contributed by atoms with Gasteiger partial charge < -0.3 is 0 Å². The van der Waals surface area contributed by atoms with Crippen LogP contribution in [-0.2, 0) is 5.75 Å². The van der Waals surface area contributed by atoms with Gasteiger partial charge in [0.05, 0.1) is 11.9 Å². The Labute approximate surface area is 102 Å². The van der Waals surface area contributed by atoms with Crippen LogP contribution in [0.15, 0.2) is 24.4 Å². The normalized spacial score (nSPS) is 10.8. The first kappa shape index (κ1) is 11.3. The van der Waals surface area contributed by atoms with Crippen LogP contribution in [0.1, 0.15) is 22.4 Å². The molecule has 0 saturated heterocycles. The van der Waals surface area contributed by atoms with Crippen LogP contribution in [0.2, 0.25) is 0 Å². The van der Waals surface area contributed by atoms with Gasteiger partial charge in [-0.15, -0.1) is 0 Å². The van der Waals surface area contributed by atoms with Crippen LogP contribution in [0.5, 0.6) is 0 Å². The van der Waals surface area contributed by atoms with Crippen molar-refractivity contribution in [2.24, 2.45) is 0 Å². The lowest BCUT2D eigenvalue weighted by Crippen LogP contribution is -2.00. The van der Waals surface area contributed by atoms with Gasteiger partial charge in [-0.3, -0.25) is 0 Å². The zero-order valence-electron chi connectivity index (χ0n) is 9.86. The first-order valence-corrected chi connectivity index (χ1v) is 5.98. The van der Waals surface area contributed by atoms with Gasteiger partial charge in [0.2, 0.25) is 0 Å². The van der Waals surface area contributed by atoms with Crippen molar-refractivity contribution in [1.29, 1.82) is 0 Å². The third-order valence-electron chi connectivity index (χ3n) is 3.02. The average molecular weight is 232 g/mol.